The van der Waals surface area contributed by atoms with Gasteiger partial charge in [0.05, 0.1) is 30.9 Å². The fourth-order valence-electron chi connectivity index (χ4n) is 3.31. The number of anilines is 1. The maximum Gasteiger partial charge on any atom is 0.241 e. The van der Waals surface area contributed by atoms with Crippen molar-refractivity contribution in [1.82, 2.24) is 20.2 Å². The van der Waals surface area contributed by atoms with Crippen LogP contribution in [0.1, 0.15) is 24.6 Å². The molecule has 2 aliphatic rings. The molecule has 130 valence electrons. The standard InChI is InChI=1S/C16H23N5O3/c1-11(22)17-7-13(23)21-5-4-16(9-21)10-24-8-12-6-18-15(20(2)3)19-14(12)16/h6H,4-5,7-10H2,1-3H3,(H,17,22)/t16-/m1/s1. The molecule has 0 bridgehead atoms. The van der Waals surface area contributed by atoms with Crippen LogP contribution in [0, 0.1) is 0 Å². The summed E-state index contributed by atoms with van der Waals surface area (Å²) in [6.07, 6.45) is 2.62. The third-order valence-corrected chi connectivity index (χ3v) is 4.59. The first-order chi connectivity index (χ1) is 11.4. The molecule has 1 N–H and O–H groups in total. The van der Waals surface area contributed by atoms with Gasteiger partial charge in [0.15, 0.2) is 0 Å². The average molecular weight is 333 g/mol. The summed E-state index contributed by atoms with van der Waals surface area (Å²) in [6, 6.07) is 0. The highest BCUT2D eigenvalue weighted by atomic mass is 16.5. The van der Waals surface area contributed by atoms with Gasteiger partial charge in [0.1, 0.15) is 0 Å². The summed E-state index contributed by atoms with van der Waals surface area (Å²) in [4.78, 5) is 36.0. The lowest BCUT2D eigenvalue weighted by Crippen LogP contribution is -2.44. The maximum absolute atomic E-state index is 12.3. The highest BCUT2D eigenvalue weighted by Crippen LogP contribution is 2.39. The predicted octanol–water partition coefficient (Wildman–Crippen LogP) is -0.321. The van der Waals surface area contributed by atoms with Gasteiger partial charge in [0.2, 0.25) is 17.8 Å². The van der Waals surface area contributed by atoms with Crippen molar-refractivity contribution in [1.29, 1.82) is 0 Å². The van der Waals surface area contributed by atoms with Gasteiger partial charge in [0.25, 0.3) is 0 Å². The van der Waals surface area contributed by atoms with Crippen LogP contribution in [-0.4, -0.2) is 67.0 Å². The van der Waals surface area contributed by atoms with E-state index in [-0.39, 0.29) is 23.8 Å². The van der Waals surface area contributed by atoms with Crippen molar-refractivity contribution < 1.29 is 14.3 Å². The van der Waals surface area contributed by atoms with E-state index in [9.17, 15) is 9.59 Å². The third-order valence-electron chi connectivity index (χ3n) is 4.59. The number of nitrogens with zero attached hydrogens (tertiary/aromatic N) is 4. The Morgan fingerprint density at radius 3 is 2.96 bits per heavy atom. The first-order valence-electron chi connectivity index (χ1n) is 8.05. The van der Waals surface area contributed by atoms with E-state index >= 15 is 0 Å². The minimum atomic E-state index is -0.285. The zero-order valence-electron chi connectivity index (χ0n) is 14.3. The number of carbonyl (C=O) groups excluding carboxylic acids is 2. The van der Waals surface area contributed by atoms with Crippen LogP contribution in [0.15, 0.2) is 6.20 Å². The predicted molar refractivity (Wildman–Crippen MR) is 87.6 cm³/mol. The van der Waals surface area contributed by atoms with E-state index < -0.39 is 0 Å². The van der Waals surface area contributed by atoms with Crippen molar-refractivity contribution in [2.24, 2.45) is 0 Å². The molecular formula is C16H23N5O3. The molecular weight excluding hydrogens is 310 g/mol. The van der Waals surface area contributed by atoms with Crippen LogP contribution in [0.2, 0.25) is 0 Å². The lowest BCUT2D eigenvalue weighted by atomic mass is 9.80. The van der Waals surface area contributed by atoms with Crippen molar-refractivity contribution in [3.8, 4) is 0 Å². The lowest BCUT2D eigenvalue weighted by molar-refractivity contribution is -0.131. The first-order valence-corrected chi connectivity index (χ1v) is 8.05. The number of rotatable bonds is 3. The van der Waals surface area contributed by atoms with Crippen LogP contribution in [0.5, 0.6) is 0 Å². The van der Waals surface area contributed by atoms with Crippen LogP contribution in [0.3, 0.4) is 0 Å². The minimum Gasteiger partial charge on any atom is -0.376 e. The Morgan fingerprint density at radius 1 is 1.46 bits per heavy atom. The van der Waals surface area contributed by atoms with Gasteiger partial charge in [-0.05, 0) is 6.42 Å². The van der Waals surface area contributed by atoms with E-state index in [1.165, 1.54) is 6.92 Å². The second-order valence-corrected chi connectivity index (χ2v) is 6.69. The Kier molecular flexibility index (Phi) is 4.40. The number of fused-ring (bicyclic) bond motifs is 2. The van der Waals surface area contributed by atoms with Crippen molar-refractivity contribution in [2.75, 3.05) is 45.2 Å². The van der Waals surface area contributed by atoms with Crippen LogP contribution >= 0.6 is 0 Å². The molecule has 8 nitrogen and oxygen atoms in total. The van der Waals surface area contributed by atoms with Crippen LogP contribution < -0.4 is 10.2 Å². The van der Waals surface area contributed by atoms with E-state index in [1.807, 2.05) is 25.2 Å². The number of hydrogen-bond acceptors (Lipinski definition) is 6. The Hall–Kier alpha value is -2.22. The van der Waals surface area contributed by atoms with Gasteiger partial charge in [-0.3, -0.25) is 9.59 Å². The summed E-state index contributed by atoms with van der Waals surface area (Å²) in [5.74, 6) is 0.390. The number of likely N-dealkylation sites (tertiary alicyclic amines) is 1. The topological polar surface area (TPSA) is 87.7 Å². The number of amides is 2. The molecule has 3 heterocycles. The number of hydrogen-bond donors (Lipinski definition) is 1. The highest BCUT2D eigenvalue weighted by Gasteiger charge is 2.46. The third kappa shape index (κ3) is 3.06. The Labute approximate surface area is 141 Å². The van der Waals surface area contributed by atoms with E-state index in [2.05, 4.69) is 10.3 Å². The van der Waals surface area contributed by atoms with Gasteiger partial charge in [0, 0.05) is 45.9 Å². The normalized spacial score (nSPS) is 22.4. The van der Waals surface area contributed by atoms with Crippen molar-refractivity contribution in [3.63, 3.8) is 0 Å². The van der Waals surface area contributed by atoms with Crippen molar-refractivity contribution in [2.45, 2.75) is 25.4 Å². The zero-order chi connectivity index (χ0) is 17.3. The van der Waals surface area contributed by atoms with Crippen molar-refractivity contribution >= 4 is 17.8 Å². The van der Waals surface area contributed by atoms with E-state index in [4.69, 9.17) is 9.72 Å². The maximum atomic E-state index is 12.3. The molecule has 8 heteroatoms. The largest absolute Gasteiger partial charge is 0.376 e. The molecule has 1 aromatic rings. The molecule has 0 unspecified atom stereocenters. The molecule has 2 aliphatic heterocycles. The molecule has 1 atom stereocenters. The number of carbonyl (C=O) groups is 2. The Bertz CT molecular complexity index is 663. The summed E-state index contributed by atoms with van der Waals surface area (Å²) < 4.78 is 5.76. The second-order valence-electron chi connectivity index (χ2n) is 6.69. The van der Waals surface area contributed by atoms with Crippen LogP contribution in [0.4, 0.5) is 5.95 Å². The molecule has 0 radical (unpaired) electrons. The minimum absolute atomic E-state index is 0.0336. The molecule has 1 fully saturated rings. The van der Waals surface area contributed by atoms with Crippen molar-refractivity contribution in [3.05, 3.63) is 17.5 Å². The van der Waals surface area contributed by atoms with Gasteiger partial charge in [-0.1, -0.05) is 0 Å². The van der Waals surface area contributed by atoms with Gasteiger partial charge in [-0.25, -0.2) is 9.97 Å². The molecule has 0 saturated carbocycles. The number of ether oxygens (including phenoxy) is 1. The van der Waals surface area contributed by atoms with Gasteiger partial charge in [-0.2, -0.15) is 0 Å². The molecule has 1 saturated heterocycles. The first kappa shape index (κ1) is 16.6. The SMILES string of the molecule is CC(=O)NCC(=O)N1CC[C@]2(COCc3cnc(N(C)C)nc32)C1. The number of aromatic nitrogens is 2. The number of nitrogens with one attached hydrogen (secondary N) is 1. The zero-order valence-corrected chi connectivity index (χ0v) is 14.3. The van der Waals surface area contributed by atoms with E-state index in [0.717, 1.165) is 17.7 Å². The van der Waals surface area contributed by atoms with Gasteiger partial charge >= 0.3 is 0 Å². The molecule has 0 aromatic carbocycles. The molecule has 24 heavy (non-hydrogen) atoms. The highest BCUT2D eigenvalue weighted by molar-refractivity contribution is 5.84. The smallest absolute Gasteiger partial charge is 0.241 e. The summed E-state index contributed by atoms with van der Waals surface area (Å²) in [7, 11) is 3.82. The molecule has 0 aliphatic carbocycles. The van der Waals surface area contributed by atoms with Gasteiger partial charge < -0.3 is 19.9 Å². The second kappa shape index (κ2) is 6.35. The molecule has 3 rings (SSSR count). The quantitative estimate of drug-likeness (QED) is 0.816. The summed E-state index contributed by atoms with van der Waals surface area (Å²) in [5, 5.41) is 2.56. The molecule has 1 aromatic heterocycles. The van der Waals surface area contributed by atoms with Crippen LogP contribution in [-0.2, 0) is 26.3 Å². The fraction of sp³-hybridized carbons (Fsp3) is 0.625. The summed E-state index contributed by atoms with van der Waals surface area (Å²) >= 11 is 0. The van der Waals surface area contributed by atoms with Gasteiger partial charge in [-0.15, -0.1) is 0 Å². The van der Waals surface area contributed by atoms with E-state index in [0.29, 0.717) is 32.3 Å². The van der Waals surface area contributed by atoms with E-state index in [1.54, 1.807) is 4.90 Å². The lowest BCUT2D eigenvalue weighted by Gasteiger charge is -2.34. The summed E-state index contributed by atoms with van der Waals surface area (Å²) in [5.41, 5.74) is 1.69. The molecule has 2 amide bonds. The van der Waals surface area contributed by atoms with Crippen LogP contribution in [0.25, 0.3) is 0 Å². The Morgan fingerprint density at radius 2 is 2.25 bits per heavy atom. The molecule has 1 spiro atoms. The average Bonchev–Trinajstić information content (AvgIpc) is 2.97. The Balaban J connectivity index is 1.82. The summed E-state index contributed by atoms with van der Waals surface area (Å²) in [6.45, 7) is 3.69. The fourth-order valence-corrected chi connectivity index (χ4v) is 3.31. The monoisotopic (exact) mass is 333 g/mol.